The van der Waals surface area contributed by atoms with Gasteiger partial charge in [-0.2, -0.15) is 0 Å². The lowest BCUT2D eigenvalue weighted by Crippen LogP contribution is -2.25. The summed E-state index contributed by atoms with van der Waals surface area (Å²) in [6.45, 7) is 3.83. The van der Waals surface area contributed by atoms with Crippen LogP contribution in [0.4, 0.5) is 5.69 Å². The highest BCUT2D eigenvalue weighted by atomic mass is 32.2. The molecule has 6 nitrogen and oxygen atoms in total. The molecule has 0 aliphatic rings. The second-order valence-electron chi connectivity index (χ2n) is 6.91. The molecule has 1 amide bonds. The van der Waals surface area contributed by atoms with Crippen molar-refractivity contribution in [1.29, 1.82) is 0 Å². The number of rotatable bonds is 7. The van der Waals surface area contributed by atoms with E-state index < -0.39 is 10.0 Å². The van der Waals surface area contributed by atoms with Crippen molar-refractivity contribution < 1.29 is 17.9 Å². The molecule has 0 unspecified atom stereocenters. The van der Waals surface area contributed by atoms with Crippen molar-refractivity contribution in [2.75, 3.05) is 11.8 Å². The van der Waals surface area contributed by atoms with Crippen molar-refractivity contribution in [2.24, 2.45) is 0 Å². The van der Waals surface area contributed by atoms with Crippen molar-refractivity contribution in [1.82, 2.24) is 5.32 Å². The molecule has 30 heavy (non-hydrogen) atoms. The number of nitrogens with one attached hydrogen (secondary N) is 2. The summed E-state index contributed by atoms with van der Waals surface area (Å²) in [6, 6.07) is 19.3. The number of benzene rings is 3. The van der Waals surface area contributed by atoms with Gasteiger partial charge in [-0.15, -0.1) is 0 Å². The molecule has 0 saturated heterocycles. The molecule has 0 bridgehead atoms. The lowest BCUT2D eigenvalue weighted by molar-refractivity contribution is 0.0952. The summed E-state index contributed by atoms with van der Waals surface area (Å²) in [7, 11) is -2.36. The lowest BCUT2D eigenvalue weighted by atomic mass is 10.1. The molecular formula is C23H24N2O4S. The largest absolute Gasteiger partial charge is 0.496 e. The Balaban J connectivity index is 1.85. The Hall–Kier alpha value is -3.32. The van der Waals surface area contributed by atoms with Crippen LogP contribution in [0.15, 0.2) is 71.6 Å². The highest BCUT2D eigenvalue weighted by Gasteiger charge is 2.21. The Morgan fingerprint density at radius 2 is 1.60 bits per heavy atom. The number of carbonyl (C=O) groups excluding carboxylic acids is 1. The van der Waals surface area contributed by atoms with Crippen molar-refractivity contribution in [3.05, 3.63) is 89.0 Å². The van der Waals surface area contributed by atoms with Crippen LogP contribution < -0.4 is 14.8 Å². The predicted molar refractivity (Wildman–Crippen MR) is 117 cm³/mol. The van der Waals surface area contributed by atoms with Gasteiger partial charge in [0.05, 0.1) is 23.3 Å². The monoisotopic (exact) mass is 424 g/mol. The third-order valence-corrected chi connectivity index (χ3v) is 6.20. The van der Waals surface area contributed by atoms with E-state index in [-0.39, 0.29) is 22.1 Å². The highest BCUT2D eigenvalue weighted by molar-refractivity contribution is 7.92. The number of ether oxygens (including phenoxy) is 1. The molecule has 0 aliphatic carbocycles. The Morgan fingerprint density at radius 1 is 0.933 bits per heavy atom. The minimum atomic E-state index is -3.90. The number of para-hydroxylation sites is 1. The fourth-order valence-electron chi connectivity index (χ4n) is 3.12. The molecule has 0 saturated carbocycles. The molecule has 2 N–H and O–H groups in total. The SMILES string of the molecule is COc1cc(C)c(S(=O)(=O)Nc2ccccc2C(=O)NCc2ccccc2)cc1C. The Kier molecular flexibility index (Phi) is 6.42. The lowest BCUT2D eigenvalue weighted by Gasteiger charge is -2.15. The number of aryl methyl sites for hydroxylation is 2. The summed E-state index contributed by atoms with van der Waals surface area (Å²) in [5.74, 6) is 0.256. The summed E-state index contributed by atoms with van der Waals surface area (Å²) >= 11 is 0. The van der Waals surface area contributed by atoms with Crippen LogP contribution in [0.25, 0.3) is 0 Å². The zero-order valence-electron chi connectivity index (χ0n) is 17.1. The first-order chi connectivity index (χ1) is 14.3. The van der Waals surface area contributed by atoms with E-state index >= 15 is 0 Å². The van der Waals surface area contributed by atoms with Crippen LogP contribution in [-0.2, 0) is 16.6 Å². The summed E-state index contributed by atoms with van der Waals surface area (Å²) < 4.78 is 33.9. The first kappa shape index (κ1) is 21.4. The number of carbonyl (C=O) groups is 1. The van der Waals surface area contributed by atoms with Gasteiger partial charge in [0.1, 0.15) is 5.75 Å². The summed E-state index contributed by atoms with van der Waals surface area (Å²) in [6.07, 6.45) is 0. The molecule has 7 heteroatoms. The molecule has 0 atom stereocenters. The maximum atomic E-state index is 13.0. The maximum absolute atomic E-state index is 13.0. The molecular weight excluding hydrogens is 400 g/mol. The number of anilines is 1. The number of amides is 1. The van der Waals surface area contributed by atoms with E-state index in [4.69, 9.17) is 4.74 Å². The quantitative estimate of drug-likeness (QED) is 0.599. The normalized spacial score (nSPS) is 11.0. The first-order valence-electron chi connectivity index (χ1n) is 9.41. The van der Waals surface area contributed by atoms with E-state index in [1.807, 2.05) is 30.3 Å². The molecule has 0 radical (unpaired) electrons. The van der Waals surface area contributed by atoms with Gasteiger partial charge in [0.25, 0.3) is 15.9 Å². The molecule has 0 fully saturated rings. The molecule has 0 spiro atoms. The van der Waals surface area contributed by atoms with Crippen LogP contribution in [0.1, 0.15) is 27.0 Å². The third-order valence-electron chi connectivity index (χ3n) is 4.69. The van der Waals surface area contributed by atoms with Gasteiger partial charge < -0.3 is 10.1 Å². The van der Waals surface area contributed by atoms with Crippen LogP contribution in [0.3, 0.4) is 0 Å². The number of methoxy groups -OCH3 is 1. The minimum absolute atomic E-state index is 0.139. The summed E-state index contributed by atoms with van der Waals surface area (Å²) in [5.41, 5.74) is 2.68. The summed E-state index contributed by atoms with van der Waals surface area (Å²) in [4.78, 5) is 12.8. The van der Waals surface area contributed by atoms with Crippen LogP contribution in [0.5, 0.6) is 5.75 Å². The van der Waals surface area contributed by atoms with E-state index in [0.29, 0.717) is 23.4 Å². The predicted octanol–water partition coefficient (Wildman–Crippen LogP) is 4.04. The second-order valence-corrected chi connectivity index (χ2v) is 8.56. The van der Waals surface area contributed by atoms with Crippen molar-refractivity contribution >= 4 is 21.6 Å². The van der Waals surface area contributed by atoms with Crippen molar-refractivity contribution in [3.8, 4) is 5.75 Å². The van der Waals surface area contributed by atoms with Crippen LogP contribution in [0.2, 0.25) is 0 Å². The van der Waals surface area contributed by atoms with Crippen molar-refractivity contribution in [3.63, 3.8) is 0 Å². The van der Waals surface area contributed by atoms with Gasteiger partial charge in [-0.05, 0) is 54.8 Å². The van der Waals surface area contributed by atoms with Gasteiger partial charge in [0, 0.05) is 6.54 Å². The van der Waals surface area contributed by atoms with Gasteiger partial charge in [-0.3, -0.25) is 9.52 Å². The average Bonchev–Trinajstić information content (AvgIpc) is 2.74. The number of hydrogen-bond donors (Lipinski definition) is 2. The first-order valence-corrected chi connectivity index (χ1v) is 10.9. The molecule has 3 aromatic rings. The standard InChI is InChI=1S/C23H24N2O4S/c1-16-14-22(17(2)13-21(16)29-3)30(27,28)25-20-12-8-7-11-19(20)23(26)24-15-18-9-5-4-6-10-18/h4-14,25H,15H2,1-3H3,(H,24,26). The van der Waals surface area contributed by atoms with E-state index in [0.717, 1.165) is 5.56 Å². The highest BCUT2D eigenvalue weighted by Crippen LogP contribution is 2.28. The van der Waals surface area contributed by atoms with Crippen molar-refractivity contribution in [2.45, 2.75) is 25.3 Å². The van der Waals surface area contributed by atoms with Gasteiger partial charge in [0.15, 0.2) is 0 Å². The summed E-state index contributed by atoms with van der Waals surface area (Å²) in [5, 5.41) is 2.83. The molecule has 0 aliphatic heterocycles. The smallest absolute Gasteiger partial charge is 0.262 e. The van der Waals surface area contributed by atoms with Crippen LogP contribution >= 0.6 is 0 Å². The van der Waals surface area contributed by atoms with Gasteiger partial charge in [-0.25, -0.2) is 8.42 Å². The molecule has 0 aromatic heterocycles. The minimum Gasteiger partial charge on any atom is -0.496 e. The zero-order valence-corrected chi connectivity index (χ0v) is 17.9. The Bertz CT molecular complexity index is 1160. The zero-order chi connectivity index (χ0) is 21.7. The van der Waals surface area contributed by atoms with E-state index in [9.17, 15) is 13.2 Å². The van der Waals surface area contributed by atoms with E-state index in [1.165, 1.54) is 0 Å². The Labute approximate surface area is 177 Å². The number of hydrogen-bond acceptors (Lipinski definition) is 4. The molecule has 156 valence electrons. The van der Waals surface area contributed by atoms with Gasteiger partial charge >= 0.3 is 0 Å². The van der Waals surface area contributed by atoms with E-state index in [1.54, 1.807) is 57.4 Å². The van der Waals surface area contributed by atoms with Gasteiger partial charge in [-0.1, -0.05) is 42.5 Å². The number of sulfonamides is 1. The third kappa shape index (κ3) is 4.80. The second kappa shape index (κ2) is 9.00. The average molecular weight is 425 g/mol. The molecule has 3 rings (SSSR count). The fourth-order valence-corrected chi connectivity index (χ4v) is 4.51. The topological polar surface area (TPSA) is 84.5 Å². The fraction of sp³-hybridized carbons (Fsp3) is 0.174. The molecule has 3 aromatic carbocycles. The maximum Gasteiger partial charge on any atom is 0.262 e. The van der Waals surface area contributed by atoms with Crippen LogP contribution in [0, 0.1) is 13.8 Å². The van der Waals surface area contributed by atoms with Gasteiger partial charge in [0.2, 0.25) is 0 Å². The Morgan fingerprint density at radius 3 is 2.30 bits per heavy atom. The van der Waals surface area contributed by atoms with Crippen LogP contribution in [-0.4, -0.2) is 21.4 Å². The molecule has 0 heterocycles. The van der Waals surface area contributed by atoms with E-state index in [2.05, 4.69) is 10.0 Å².